The maximum absolute atomic E-state index is 12.7. The second-order valence-electron chi connectivity index (χ2n) is 7.25. The number of hydrogen-bond acceptors (Lipinski definition) is 4. The van der Waals surface area contributed by atoms with Crippen molar-refractivity contribution in [2.45, 2.75) is 12.0 Å². The van der Waals surface area contributed by atoms with Gasteiger partial charge in [-0.25, -0.2) is 4.79 Å². The first kappa shape index (κ1) is 21.8. The lowest BCUT2D eigenvalue weighted by Gasteiger charge is -2.20. The molecular formula is C23H17Cl2N3O4. The Labute approximate surface area is 193 Å². The number of urea groups is 1. The SMILES string of the molecule is O=C(Nc1ccc(C(=O)C[C@@]2(O)C(=O)Nc3ccccc32)cc1)Nc1ccc(Cl)c(Cl)c1. The number of nitrogens with one attached hydrogen (secondary N) is 3. The minimum Gasteiger partial charge on any atom is -0.375 e. The zero-order valence-electron chi connectivity index (χ0n) is 16.5. The largest absolute Gasteiger partial charge is 0.375 e. The van der Waals surface area contributed by atoms with Gasteiger partial charge in [-0.2, -0.15) is 0 Å². The van der Waals surface area contributed by atoms with Crippen molar-refractivity contribution in [1.82, 2.24) is 0 Å². The normalized spacial score (nSPS) is 16.8. The summed E-state index contributed by atoms with van der Waals surface area (Å²) in [7, 11) is 0. The van der Waals surface area contributed by atoms with Crippen LogP contribution in [0, 0.1) is 0 Å². The van der Waals surface area contributed by atoms with Crippen LogP contribution in [0.3, 0.4) is 0 Å². The number of amides is 3. The number of para-hydroxylation sites is 1. The Balaban J connectivity index is 1.41. The Hall–Kier alpha value is -3.39. The summed E-state index contributed by atoms with van der Waals surface area (Å²) in [5.74, 6) is -1.05. The molecule has 0 spiro atoms. The number of ketones is 1. The van der Waals surface area contributed by atoms with Gasteiger partial charge in [-0.15, -0.1) is 0 Å². The van der Waals surface area contributed by atoms with E-state index in [1.165, 1.54) is 18.2 Å². The molecule has 0 bridgehead atoms. The zero-order chi connectivity index (χ0) is 22.9. The molecule has 0 unspecified atom stereocenters. The molecule has 0 fully saturated rings. The standard InChI is InChI=1S/C23H17Cl2N3O4/c24-17-10-9-15(11-18(17)25)27-22(31)26-14-7-5-13(6-8-14)20(29)12-23(32)16-3-1-2-4-19(16)28-21(23)30/h1-11,32H,12H2,(H,28,30)(H2,26,27,31)/t23-/m0/s1. The molecule has 1 aliphatic rings. The van der Waals surface area contributed by atoms with E-state index in [2.05, 4.69) is 16.0 Å². The third kappa shape index (κ3) is 4.31. The summed E-state index contributed by atoms with van der Waals surface area (Å²) in [6.07, 6.45) is -0.402. The average molecular weight is 470 g/mol. The predicted molar refractivity (Wildman–Crippen MR) is 123 cm³/mol. The minimum absolute atomic E-state index is 0.297. The van der Waals surface area contributed by atoms with Crippen molar-refractivity contribution in [3.63, 3.8) is 0 Å². The van der Waals surface area contributed by atoms with Crippen LogP contribution in [0.4, 0.5) is 21.9 Å². The van der Waals surface area contributed by atoms with Crippen molar-refractivity contribution in [2.75, 3.05) is 16.0 Å². The lowest BCUT2D eigenvalue weighted by molar-refractivity contribution is -0.133. The van der Waals surface area contributed by atoms with E-state index in [0.717, 1.165) is 0 Å². The minimum atomic E-state index is -1.93. The number of anilines is 3. The number of aliphatic hydroxyl groups is 1. The molecule has 162 valence electrons. The fraction of sp³-hybridized carbons (Fsp3) is 0.0870. The molecule has 1 atom stereocenters. The number of carbonyl (C=O) groups is 3. The number of carbonyl (C=O) groups excluding carboxylic acids is 3. The second kappa shape index (κ2) is 8.63. The van der Waals surface area contributed by atoms with E-state index in [0.29, 0.717) is 38.2 Å². The molecule has 4 rings (SSSR count). The molecule has 0 saturated carbocycles. The zero-order valence-corrected chi connectivity index (χ0v) is 18.0. The van der Waals surface area contributed by atoms with Crippen LogP contribution in [0.25, 0.3) is 0 Å². The number of halogens is 2. The average Bonchev–Trinajstić information content (AvgIpc) is 3.01. The summed E-state index contributed by atoms with van der Waals surface area (Å²) < 4.78 is 0. The van der Waals surface area contributed by atoms with E-state index in [9.17, 15) is 19.5 Å². The second-order valence-corrected chi connectivity index (χ2v) is 8.06. The fourth-order valence-corrected chi connectivity index (χ4v) is 3.72. The molecule has 7 nitrogen and oxygen atoms in total. The van der Waals surface area contributed by atoms with Gasteiger partial charge in [0.2, 0.25) is 0 Å². The number of rotatable bonds is 5. The highest BCUT2D eigenvalue weighted by atomic mass is 35.5. The first-order valence-electron chi connectivity index (χ1n) is 9.56. The molecule has 0 aromatic heterocycles. The third-order valence-electron chi connectivity index (χ3n) is 5.06. The van der Waals surface area contributed by atoms with Gasteiger partial charge in [0, 0.05) is 28.2 Å². The molecule has 3 aromatic carbocycles. The lowest BCUT2D eigenvalue weighted by Crippen LogP contribution is -2.36. The van der Waals surface area contributed by atoms with Crippen molar-refractivity contribution < 1.29 is 19.5 Å². The van der Waals surface area contributed by atoms with Gasteiger partial charge in [-0.1, -0.05) is 41.4 Å². The summed E-state index contributed by atoms with van der Waals surface area (Å²) in [4.78, 5) is 37.2. The van der Waals surface area contributed by atoms with Gasteiger partial charge in [-0.3, -0.25) is 9.59 Å². The van der Waals surface area contributed by atoms with Gasteiger partial charge in [0.05, 0.1) is 16.5 Å². The summed E-state index contributed by atoms with van der Waals surface area (Å²) in [5.41, 5.74) is 0.139. The quantitative estimate of drug-likeness (QED) is 0.392. The van der Waals surface area contributed by atoms with Crippen LogP contribution in [0.5, 0.6) is 0 Å². The van der Waals surface area contributed by atoms with E-state index in [-0.39, 0.29) is 0 Å². The van der Waals surface area contributed by atoms with E-state index in [1.54, 1.807) is 48.5 Å². The van der Waals surface area contributed by atoms with E-state index in [4.69, 9.17) is 23.2 Å². The molecule has 0 radical (unpaired) electrons. The fourth-order valence-electron chi connectivity index (χ4n) is 3.42. The Morgan fingerprint density at radius 1 is 0.906 bits per heavy atom. The third-order valence-corrected chi connectivity index (χ3v) is 5.79. The molecule has 1 aliphatic heterocycles. The van der Waals surface area contributed by atoms with Crippen molar-refractivity contribution in [2.24, 2.45) is 0 Å². The van der Waals surface area contributed by atoms with Crippen LogP contribution >= 0.6 is 23.2 Å². The van der Waals surface area contributed by atoms with Crippen LogP contribution in [-0.2, 0) is 10.4 Å². The van der Waals surface area contributed by atoms with Crippen molar-refractivity contribution in [3.8, 4) is 0 Å². The summed E-state index contributed by atoms with van der Waals surface area (Å²) in [6, 6.07) is 17.0. The van der Waals surface area contributed by atoms with Gasteiger partial charge in [0.15, 0.2) is 11.4 Å². The first-order valence-corrected chi connectivity index (χ1v) is 10.3. The number of benzene rings is 3. The molecule has 32 heavy (non-hydrogen) atoms. The molecule has 0 aliphatic carbocycles. The van der Waals surface area contributed by atoms with Crippen LogP contribution in [0.15, 0.2) is 66.7 Å². The summed E-state index contributed by atoms with van der Waals surface area (Å²) in [5, 5.41) is 19.4. The topological polar surface area (TPSA) is 108 Å². The number of fused-ring (bicyclic) bond motifs is 1. The van der Waals surface area contributed by atoms with E-state index >= 15 is 0 Å². The Kier molecular flexibility index (Phi) is 5.88. The predicted octanol–water partition coefficient (Wildman–Crippen LogP) is 5.05. The van der Waals surface area contributed by atoms with E-state index < -0.39 is 29.7 Å². The smallest absolute Gasteiger partial charge is 0.323 e. The van der Waals surface area contributed by atoms with Crippen molar-refractivity contribution in [1.29, 1.82) is 0 Å². The van der Waals surface area contributed by atoms with Gasteiger partial charge < -0.3 is 21.1 Å². The van der Waals surface area contributed by atoms with Gasteiger partial charge in [0.1, 0.15) is 0 Å². The van der Waals surface area contributed by atoms with Gasteiger partial charge in [-0.05, 0) is 48.5 Å². The Morgan fingerprint density at radius 3 is 2.28 bits per heavy atom. The highest BCUT2D eigenvalue weighted by Crippen LogP contribution is 2.38. The van der Waals surface area contributed by atoms with Crippen molar-refractivity contribution >= 4 is 58.0 Å². The summed E-state index contributed by atoms with van der Waals surface area (Å²) >= 11 is 11.8. The molecular weight excluding hydrogens is 453 g/mol. The molecule has 9 heteroatoms. The van der Waals surface area contributed by atoms with Crippen molar-refractivity contribution in [3.05, 3.63) is 87.9 Å². The van der Waals surface area contributed by atoms with E-state index in [1.807, 2.05) is 0 Å². The van der Waals surface area contributed by atoms with Crippen LogP contribution in [0.2, 0.25) is 10.0 Å². The lowest BCUT2D eigenvalue weighted by atomic mass is 9.88. The van der Waals surface area contributed by atoms with Gasteiger partial charge >= 0.3 is 6.03 Å². The monoisotopic (exact) mass is 469 g/mol. The van der Waals surface area contributed by atoms with Crippen LogP contribution < -0.4 is 16.0 Å². The molecule has 0 saturated heterocycles. The summed E-state index contributed by atoms with van der Waals surface area (Å²) in [6.45, 7) is 0. The highest BCUT2D eigenvalue weighted by molar-refractivity contribution is 6.42. The van der Waals surface area contributed by atoms with Gasteiger partial charge in [0.25, 0.3) is 5.91 Å². The highest BCUT2D eigenvalue weighted by Gasteiger charge is 2.46. The maximum atomic E-state index is 12.7. The Morgan fingerprint density at radius 2 is 1.56 bits per heavy atom. The maximum Gasteiger partial charge on any atom is 0.323 e. The van der Waals surface area contributed by atoms with Crippen LogP contribution in [0.1, 0.15) is 22.3 Å². The Bertz CT molecular complexity index is 1230. The van der Waals surface area contributed by atoms with Crippen LogP contribution in [-0.4, -0.2) is 22.8 Å². The molecule has 1 heterocycles. The first-order chi connectivity index (χ1) is 15.3. The number of hydrogen-bond donors (Lipinski definition) is 4. The molecule has 3 amide bonds. The molecule has 3 aromatic rings. The number of Topliss-reactive ketones (excluding diaryl/α,β-unsaturated/α-hetero) is 1. The molecule has 4 N–H and O–H groups in total.